The molecule has 3 aliphatic rings. The maximum atomic E-state index is 13.8. The van der Waals surface area contributed by atoms with Crippen LogP contribution in [0.25, 0.3) is 0 Å². The van der Waals surface area contributed by atoms with Crippen LogP contribution in [0.4, 0.5) is 4.39 Å². The van der Waals surface area contributed by atoms with Gasteiger partial charge in [0.25, 0.3) is 0 Å². The quantitative estimate of drug-likeness (QED) is 0.778. The van der Waals surface area contributed by atoms with Gasteiger partial charge in [0.15, 0.2) is 0 Å². The number of ether oxygens (including phenoxy) is 1. The number of β-amino-alcohol motifs (C(OH)–C–C–N with tert-alkyl or cyclic N) is 1. The molecule has 1 aromatic heterocycles. The largest absolute Gasteiger partial charge is 0.481 e. The zero-order chi connectivity index (χ0) is 19.7. The van der Waals surface area contributed by atoms with E-state index >= 15 is 0 Å². The highest BCUT2D eigenvalue weighted by molar-refractivity contribution is 5.95. The summed E-state index contributed by atoms with van der Waals surface area (Å²) < 4.78 is 19.2. The van der Waals surface area contributed by atoms with E-state index in [1.807, 2.05) is 28.4 Å². The third-order valence-corrected chi connectivity index (χ3v) is 5.20. The molecule has 1 saturated heterocycles. The van der Waals surface area contributed by atoms with E-state index in [-0.39, 0.29) is 18.5 Å². The number of fused-ring (bicyclic) bond motifs is 1. The standard InChI is InChI=1S/C19H24FN5O3/c1-28-19-15(9-13(20)10-21-19)16-3-2-6-24(16)17-5-8-25-18(22-17)4-7-23(25)11-14(27)12-26/h4-5,8-10,14,16,26-27H,2-3,6-7,11-12H2,1H3/t14?,16-/m1/s1. The average Bonchev–Trinajstić information content (AvgIpc) is 3.34. The Hall–Kier alpha value is -2.49. The molecule has 0 radical (unpaired) electrons. The van der Waals surface area contributed by atoms with Gasteiger partial charge in [0, 0.05) is 31.4 Å². The summed E-state index contributed by atoms with van der Waals surface area (Å²) in [5.74, 6) is 1.63. The summed E-state index contributed by atoms with van der Waals surface area (Å²) in [6.07, 6.45) is 7.99. The summed E-state index contributed by atoms with van der Waals surface area (Å²) >= 11 is 0. The lowest BCUT2D eigenvalue weighted by Crippen LogP contribution is -2.42. The van der Waals surface area contributed by atoms with E-state index < -0.39 is 6.10 Å². The molecule has 1 fully saturated rings. The molecular formula is C19H24FN5O3. The summed E-state index contributed by atoms with van der Waals surface area (Å²) in [7, 11) is 1.54. The number of pyridine rings is 1. The number of likely N-dealkylation sites (tertiary alicyclic amines) is 1. The first-order valence-corrected chi connectivity index (χ1v) is 9.37. The van der Waals surface area contributed by atoms with Crippen LogP contribution in [0.1, 0.15) is 24.4 Å². The molecule has 9 heteroatoms. The van der Waals surface area contributed by atoms with Crippen molar-refractivity contribution in [2.24, 2.45) is 4.99 Å². The molecule has 0 saturated carbocycles. The molecule has 4 heterocycles. The number of nitrogens with zero attached hydrogens (tertiary/aromatic N) is 5. The van der Waals surface area contributed by atoms with Crippen LogP contribution in [0, 0.1) is 5.82 Å². The first kappa shape index (κ1) is 18.9. The first-order chi connectivity index (χ1) is 13.6. The number of aliphatic imine (C=N–C) groups is 1. The second-order valence-corrected chi connectivity index (χ2v) is 7.00. The Labute approximate surface area is 162 Å². The zero-order valence-electron chi connectivity index (χ0n) is 15.7. The number of hydrogen-bond donors (Lipinski definition) is 2. The Kier molecular flexibility index (Phi) is 5.29. The van der Waals surface area contributed by atoms with Gasteiger partial charge in [-0.3, -0.25) is 5.01 Å². The van der Waals surface area contributed by atoms with Crippen LogP contribution < -0.4 is 4.74 Å². The monoisotopic (exact) mass is 389 g/mol. The van der Waals surface area contributed by atoms with Crippen LogP contribution in [-0.2, 0) is 0 Å². The minimum atomic E-state index is -0.803. The predicted molar refractivity (Wildman–Crippen MR) is 101 cm³/mol. The van der Waals surface area contributed by atoms with E-state index in [9.17, 15) is 9.50 Å². The molecule has 0 spiro atoms. The topological polar surface area (TPSA) is 84.7 Å². The highest BCUT2D eigenvalue weighted by Crippen LogP contribution is 2.37. The van der Waals surface area contributed by atoms with E-state index in [1.54, 1.807) is 0 Å². The number of aliphatic hydroxyl groups is 2. The van der Waals surface area contributed by atoms with Crippen molar-refractivity contribution in [2.75, 3.05) is 33.4 Å². The normalized spacial score (nSPS) is 22.9. The molecule has 4 rings (SSSR count). The van der Waals surface area contributed by atoms with Crippen molar-refractivity contribution in [3.05, 3.63) is 47.8 Å². The highest BCUT2D eigenvalue weighted by Gasteiger charge is 2.33. The molecular weight excluding hydrogens is 365 g/mol. The molecule has 28 heavy (non-hydrogen) atoms. The fraction of sp³-hybridized carbons (Fsp3) is 0.474. The van der Waals surface area contributed by atoms with Crippen molar-refractivity contribution in [3.63, 3.8) is 0 Å². The maximum absolute atomic E-state index is 13.8. The fourth-order valence-electron chi connectivity index (χ4n) is 3.91. The number of methoxy groups -OCH3 is 1. The number of aliphatic hydroxyl groups excluding tert-OH is 2. The van der Waals surface area contributed by atoms with Gasteiger partial charge >= 0.3 is 0 Å². The Balaban J connectivity index is 1.55. The van der Waals surface area contributed by atoms with Gasteiger partial charge in [0.05, 0.1) is 32.1 Å². The Morgan fingerprint density at radius 2 is 2.29 bits per heavy atom. The lowest BCUT2D eigenvalue weighted by Gasteiger charge is -2.34. The SMILES string of the molecule is COc1ncc(F)cc1[C@H]1CCCN1C1=NC2=CCN(CC(O)CO)N2C=C1. The molecule has 1 unspecified atom stereocenters. The van der Waals surface area contributed by atoms with Gasteiger partial charge in [-0.25, -0.2) is 19.4 Å². The number of halogens is 1. The third kappa shape index (κ3) is 3.48. The van der Waals surface area contributed by atoms with Gasteiger partial charge in [0.2, 0.25) is 5.88 Å². The summed E-state index contributed by atoms with van der Waals surface area (Å²) in [4.78, 5) is 11.0. The van der Waals surface area contributed by atoms with Crippen molar-refractivity contribution in [1.29, 1.82) is 0 Å². The molecule has 3 aliphatic heterocycles. The lowest BCUT2D eigenvalue weighted by molar-refractivity contribution is 0.00476. The van der Waals surface area contributed by atoms with E-state index in [1.165, 1.54) is 13.2 Å². The number of hydrazine groups is 1. The van der Waals surface area contributed by atoms with Crippen molar-refractivity contribution < 1.29 is 19.3 Å². The molecule has 150 valence electrons. The van der Waals surface area contributed by atoms with Gasteiger partial charge in [-0.1, -0.05) is 0 Å². The molecule has 0 amide bonds. The molecule has 1 aromatic rings. The Morgan fingerprint density at radius 3 is 3.07 bits per heavy atom. The molecule has 0 aliphatic carbocycles. The van der Waals surface area contributed by atoms with Crippen LogP contribution in [0.15, 0.2) is 41.4 Å². The summed E-state index contributed by atoms with van der Waals surface area (Å²) in [5, 5.41) is 22.6. The summed E-state index contributed by atoms with van der Waals surface area (Å²) in [6.45, 7) is 1.47. The van der Waals surface area contributed by atoms with Crippen molar-refractivity contribution in [1.82, 2.24) is 19.9 Å². The third-order valence-electron chi connectivity index (χ3n) is 5.20. The van der Waals surface area contributed by atoms with Crippen molar-refractivity contribution >= 4 is 5.84 Å². The fourth-order valence-corrected chi connectivity index (χ4v) is 3.91. The Morgan fingerprint density at radius 1 is 1.43 bits per heavy atom. The second kappa shape index (κ2) is 7.86. The summed E-state index contributed by atoms with van der Waals surface area (Å²) in [6, 6.07) is 1.43. The number of aromatic nitrogens is 1. The Bertz CT molecular complexity index is 828. The first-order valence-electron chi connectivity index (χ1n) is 9.37. The smallest absolute Gasteiger partial charge is 0.218 e. The predicted octanol–water partition coefficient (Wildman–Crippen LogP) is 1.02. The minimum absolute atomic E-state index is 0.0533. The molecule has 2 N–H and O–H groups in total. The van der Waals surface area contributed by atoms with Crippen LogP contribution in [0.5, 0.6) is 5.88 Å². The highest BCUT2D eigenvalue weighted by atomic mass is 19.1. The van der Waals surface area contributed by atoms with Gasteiger partial charge in [0.1, 0.15) is 17.5 Å². The van der Waals surface area contributed by atoms with Crippen LogP contribution in [0.2, 0.25) is 0 Å². The number of rotatable bonds is 5. The minimum Gasteiger partial charge on any atom is -0.481 e. The van der Waals surface area contributed by atoms with E-state index in [2.05, 4.69) is 9.88 Å². The average molecular weight is 389 g/mol. The molecule has 2 atom stereocenters. The van der Waals surface area contributed by atoms with Crippen LogP contribution >= 0.6 is 0 Å². The van der Waals surface area contributed by atoms with Crippen molar-refractivity contribution in [2.45, 2.75) is 25.0 Å². The summed E-state index contributed by atoms with van der Waals surface area (Å²) in [5.41, 5.74) is 0.728. The van der Waals surface area contributed by atoms with E-state index in [4.69, 9.17) is 14.8 Å². The van der Waals surface area contributed by atoms with Gasteiger partial charge < -0.3 is 19.8 Å². The van der Waals surface area contributed by atoms with Crippen LogP contribution in [0.3, 0.4) is 0 Å². The number of amidine groups is 1. The zero-order valence-corrected chi connectivity index (χ0v) is 15.7. The molecule has 0 aromatic carbocycles. The van der Waals surface area contributed by atoms with E-state index in [0.29, 0.717) is 19.0 Å². The second-order valence-electron chi connectivity index (χ2n) is 7.00. The molecule has 0 bridgehead atoms. The van der Waals surface area contributed by atoms with Gasteiger partial charge in [-0.05, 0) is 31.1 Å². The van der Waals surface area contributed by atoms with Gasteiger partial charge in [-0.2, -0.15) is 0 Å². The number of hydrogen-bond acceptors (Lipinski definition) is 8. The lowest BCUT2D eigenvalue weighted by atomic mass is 10.1. The molecule has 8 nitrogen and oxygen atoms in total. The van der Waals surface area contributed by atoms with Gasteiger partial charge in [-0.15, -0.1) is 0 Å². The van der Waals surface area contributed by atoms with E-state index in [0.717, 1.165) is 42.8 Å². The maximum Gasteiger partial charge on any atom is 0.218 e. The van der Waals surface area contributed by atoms with Crippen LogP contribution in [-0.4, -0.2) is 75.4 Å². The van der Waals surface area contributed by atoms with Crippen molar-refractivity contribution in [3.8, 4) is 5.88 Å².